The molecule has 1 saturated heterocycles. The van der Waals surface area contributed by atoms with E-state index in [1.165, 1.54) is 0 Å². The quantitative estimate of drug-likeness (QED) is 0.837. The van der Waals surface area contributed by atoms with Gasteiger partial charge in [-0.2, -0.15) is 0 Å². The Hall–Kier alpha value is -0.680. The molecule has 1 aromatic rings. The molecule has 0 atom stereocenters. The topological polar surface area (TPSA) is 41.1 Å². The lowest BCUT2D eigenvalue weighted by molar-refractivity contribution is 0.724. The second-order valence-electron chi connectivity index (χ2n) is 3.69. The average Bonchev–Trinajstić information content (AvgIpc) is 2.50. The fraction of sp³-hybridized carbons (Fsp3) is 0.600. The van der Waals surface area contributed by atoms with E-state index in [0.717, 1.165) is 48.6 Å². The summed E-state index contributed by atoms with van der Waals surface area (Å²) < 4.78 is 1.02. The van der Waals surface area contributed by atoms with Gasteiger partial charge in [-0.1, -0.05) is 0 Å². The van der Waals surface area contributed by atoms with E-state index in [2.05, 4.69) is 36.1 Å². The molecule has 2 rings (SSSR count). The molecule has 0 spiro atoms. The fourth-order valence-electron chi connectivity index (χ4n) is 1.72. The van der Waals surface area contributed by atoms with Gasteiger partial charge in [0.15, 0.2) is 0 Å². The molecule has 2 heterocycles. The Balaban J connectivity index is 2.23. The molecule has 1 aliphatic rings. The number of nitrogens with one attached hydrogen (secondary N) is 1. The molecule has 1 aliphatic heterocycles. The van der Waals surface area contributed by atoms with Gasteiger partial charge in [0.1, 0.15) is 12.1 Å². The molecule has 4 nitrogen and oxygen atoms in total. The van der Waals surface area contributed by atoms with E-state index < -0.39 is 0 Å². The third-order valence-corrected chi connectivity index (χ3v) is 3.51. The van der Waals surface area contributed by atoms with Gasteiger partial charge in [0.05, 0.1) is 10.2 Å². The van der Waals surface area contributed by atoms with Crippen LogP contribution in [0.3, 0.4) is 0 Å². The number of rotatable bonds is 1. The minimum absolute atomic E-state index is 0.997. The summed E-state index contributed by atoms with van der Waals surface area (Å²) in [6.07, 6.45) is 2.79. The Morgan fingerprint density at radius 2 is 2.20 bits per heavy atom. The van der Waals surface area contributed by atoms with Crippen LogP contribution in [0.15, 0.2) is 10.8 Å². The molecule has 1 fully saturated rings. The van der Waals surface area contributed by atoms with Gasteiger partial charge in [0.25, 0.3) is 0 Å². The van der Waals surface area contributed by atoms with E-state index in [4.69, 9.17) is 0 Å². The zero-order chi connectivity index (χ0) is 10.7. The zero-order valence-corrected chi connectivity index (χ0v) is 10.4. The maximum Gasteiger partial charge on any atom is 0.146 e. The Morgan fingerprint density at radius 1 is 1.33 bits per heavy atom. The van der Waals surface area contributed by atoms with Gasteiger partial charge in [0.2, 0.25) is 0 Å². The second kappa shape index (κ2) is 4.90. The van der Waals surface area contributed by atoms with E-state index in [0.29, 0.717) is 0 Å². The predicted octanol–water partition coefficient (Wildman–Crippen LogP) is 1.35. The number of hydrogen-bond donors (Lipinski definition) is 1. The molecular weight excluding hydrogens is 256 g/mol. The first kappa shape index (κ1) is 10.8. The van der Waals surface area contributed by atoms with E-state index in [-0.39, 0.29) is 0 Å². The Morgan fingerprint density at radius 3 is 3.07 bits per heavy atom. The SMILES string of the molecule is Cc1ncnc(N2CCCNCC2)c1Br. The summed E-state index contributed by atoms with van der Waals surface area (Å²) >= 11 is 3.55. The smallest absolute Gasteiger partial charge is 0.146 e. The Labute approximate surface area is 98.2 Å². The molecule has 82 valence electrons. The molecule has 1 aromatic heterocycles. The van der Waals surface area contributed by atoms with Gasteiger partial charge in [-0.3, -0.25) is 0 Å². The number of nitrogens with zero attached hydrogens (tertiary/aromatic N) is 3. The van der Waals surface area contributed by atoms with Gasteiger partial charge >= 0.3 is 0 Å². The Bertz CT molecular complexity index is 334. The highest BCUT2D eigenvalue weighted by molar-refractivity contribution is 9.10. The molecule has 5 heteroatoms. The first-order valence-electron chi connectivity index (χ1n) is 5.22. The van der Waals surface area contributed by atoms with Crippen LogP contribution in [0.5, 0.6) is 0 Å². The molecule has 0 bridgehead atoms. The zero-order valence-electron chi connectivity index (χ0n) is 8.83. The molecule has 0 radical (unpaired) electrons. The van der Waals surface area contributed by atoms with E-state index in [1.54, 1.807) is 6.33 Å². The first-order valence-corrected chi connectivity index (χ1v) is 6.01. The van der Waals surface area contributed by atoms with Gasteiger partial charge in [-0.15, -0.1) is 0 Å². The molecule has 0 saturated carbocycles. The molecule has 0 aliphatic carbocycles. The van der Waals surface area contributed by atoms with E-state index in [9.17, 15) is 0 Å². The number of hydrogen-bond acceptors (Lipinski definition) is 4. The van der Waals surface area contributed by atoms with E-state index in [1.807, 2.05) is 6.92 Å². The summed E-state index contributed by atoms with van der Waals surface area (Å²) in [5.74, 6) is 1.02. The van der Waals surface area contributed by atoms with Gasteiger partial charge in [-0.25, -0.2) is 9.97 Å². The fourth-order valence-corrected chi connectivity index (χ4v) is 2.18. The predicted molar refractivity (Wildman–Crippen MR) is 64.2 cm³/mol. The molecule has 1 N–H and O–H groups in total. The van der Waals surface area contributed by atoms with Crippen molar-refractivity contribution in [2.45, 2.75) is 13.3 Å². The lowest BCUT2D eigenvalue weighted by Crippen LogP contribution is -2.29. The Kier molecular flexibility index (Phi) is 3.53. The summed E-state index contributed by atoms with van der Waals surface area (Å²) in [5, 5.41) is 3.38. The van der Waals surface area contributed by atoms with Crippen molar-refractivity contribution >= 4 is 21.7 Å². The number of anilines is 1. The lowest BCUT2D eigenvalue weighted by Gasteiger charge is -2.22. The lowest BCUT2D eigenvalue weighted by atomic mass is 10.3. The highest BCUT2D eigenvalue weighted by Gasteiger charge is 2.14. The third kappa shape index (κ3) is 2.46. The van der Waals surface area contributed by atoms with Crippen LogP contribution in [0.4, 0.5) is 5.82 Å². The van der Waals surface area contributed by atoms with Gasteiger partial charge in [-0.05, 0) is 35.8 Å². The van der Waals surface area contributed by atoms with Crippen LogP contribution >= 0.6 is 15.9 Å². The first-order chi connectivity index (χ1) is 7.29. The maximum absolute atomic E-state index is 4.34. The molecular formula is C10H15BrN4. The van der Waals surface area contributed by atoms with Crippen molar-refractivity contribution < 1.29 is 0 Å². The highest BCUT2D eigenvalue weighted by atomic mass is 79.9. The summed E-state index contributed by atoms with van der Waals surface area (Å²) in [6.45, 7) is 6.18. The summed E-state index contributed by atoms with van der Waals surface area (Å²) in [6, 6.07) is 0. The van der Waals surface area contributed by atoms with Crippen LogP contribution in [0, 0.1) is 6.92 Å². The number of aryl methyl sites for hydroxylation is 1. The summed E-state index contributed by atoms with van der Waals surface area (Å²) in [7, 11) is 0. The average molecular weight is 271 g/mol. The van der Waals surface area contributed by atoms with Crippen LogP contribution < -0.4 is 10.2 Å². The highest BCUT2D eigenvalue weighted by Crippen LogP contribution is 2.25. The van der Waals surface area contributed by atoms with Crippen LogP contribution in [0.2, 0.25) is 0 Å². The number of halogens is 1. The summed E-state index contributed by atoms with van der Waals surface area (Å²) in [4.78, 5) is 10.8. The minimum atomic E-state index is 0.997. The van der Waals surface area contributed by atoms with Crippen molar-refractivity contribution in [2.24, 2.45) is 0 Å². The van der Waals surface area contributed by atoms with Crippen molar-refractivity contribution in [1.82, 2.24) is 15.3 Å². The maximum atomic E-state index is 4.34. The molecule has 0 amide bonds. The summed E-state index contributed by atoms with van der Waals surface area (Å²) in [5.41, 5.74) is 0.997. The van der Waals surface area contributed by atoms with Crippen molar-refractivity contribution in [3.05, 3.63) is 16.5 Å². The second-order valence-corrected chi connectivity index (χ2v) is 4.48. The van der Waals surface area contributed by atoms with Gasteiger partial charge in [0, 0.05) is 19.6 Å². The molecule has 0 unspecified atom stereocenters. The van der Waals surface area contributed by atoms with Crippen molar-refractivity contribution in [2.75, 3.05) is 31.1 Å². The monoisotopic (exact) mass is 270 g/mol. The van der Waals surface area contributed by atoms with Crippen LogP contribution in [-0.2, 0) is 0 Å². The molecule has 15 heavy (non-hydrogen) atoms. The van der Waals surface area contributed by atoms with Crippen molar-refractivity contribution in [3.8, 4) is 0 Å². The van der Waals surface area contributed by atoms with Crippen molar-refractivity contribution in [1.29, 1.82) is 0 Å². The molecule has 0 aromatic carbocycles. The van der Waals surface area contributed by atoms with Crippen LogP contribution in [0.1, 0.15) is 12.1 Å². The normalized spacial score (nSPS) is 17.6. The largest absolute Gasteiger partial charge is 0.354 e. The van der Waals surface area contributed by atoms with Gasteiger partial charge < -0.3 is 10.2 Å². The van der Waals surface area contributed by atoms with Crippen molar-refractivity contribution in [3.63, 3.8) is 0 Å². The standard InChI is InChI=1S/C10H15BrN4/c1-8-9(11)10(14-7-13-8)15-5-2-3-12-4-6-15/h7,12H,2-6H2,1H3. The minimum Gasteiger partial charge on any atom is -0.354 e. The number of aromatic nitrogens is 2. The third-order valence-electron chi connectivity index (χ3n) is 2.58. The van der Waals surface area contributed by atoms with Crippen LogP contribution in [-0.4, -0.2) is 36.1 Å². The van der Waals surface area contributed by atoms with E-state index >= 15 is 0 Å². The van der Waals surface area contributed by atoms with Crippen LogP contribution in [0.25, 0.3) is 0 Å².